The van der Waals surface area contributed by atoms with Crippen molar-refractivity contribution in [3.63, 3.8) is 0 Å². The quantitative estimate of drug-likeness (QED) is 0.439. The zero-order chi connectivity index (χ0) is 10.3. The van der Waals surface area contributed by atoms with E-state index in [-0.39, 0.29) is 0 Å². The van der Waals surface area contributed by atoms with Crippen LogP contribution in [-0.4, -0.2) is 0 Å². The maximum Gasteiger partial charge on any atom is 0.0382 e. The standard InChI is InChI=1S/C15H22/c1-3-8-14(9-4-1)12-7-13-15-10-5-2-6-11-15/h3,8,14-15H,1-2,4-6,9-11,13H2/t14-/m0/s1. The first-order valence-corrected chi connectivity index (χ1v) is 6.60. The molecule has 0 bridgehead atoms. The number of hydrogen-bond donors (Lipinski definition) is 0. The smallest absolute Gasteiger partial charge is 0.0382 e. The maximum atomic E-state index is 3.43. The molecule has 2 aliphatic rings. The van der Waals surface area contributed by atoms with Gasteiger partial charge in [0.25, 0.3) is 0 Å². The van der Waals surface area contributed by atoms with Crippen molar-refractivity contribution in [1.29, 1.82) is 0 Å². The Morgan fingerprint density at radius 3 is 2.60 bits per heavy atom. The second-order valence-corrected chi connectivity index (χ2v) is 4.99. The lowest BCUT2D eigenvalue weighted by molar-refractivity contribution is 0.365. The molecule has 0 heterocycles. The summed E-state index contributed by atoms with van der Waals surface area (Å²) in [6.07, 6.45) is 16.8. The third-order valence-corrected chi connectivity index (χ3v) is 3.66. The van der Waals surface area contributed by atoms with Crippen LogP contribution < -0.4 is 0 Å². The zero-order valence-corrected chi connectivity index (χ0v) is 9.67. The Morgan fingerprint density at radius 2 is 1.87 bits per heavy atom. The Kier molecular flexibility index (Phi) is 4.33. The topological polar surface area (TPSA) is 0 Å². The van der Waals surface area contributed by atoms with Gasteiger partial charge in [-0.15, -0.1) is 5.92 Å². The molecule has 0 spiro atoms. The van der Waals surface area contributed by atoms with Crippen molar-refractivity contribution in [1.82, 2.24) is 0 Å². The molecule has 0 radical (unpaired) electrons. The minimum atomic E-state index is 0.572. The van der Waals surface area contributed by atoms with Crippen LogP contribution in [0.1, 0.15) is 57.8 Å². The van der Waals surface area contributed by atoms with Crippen molar-refractivity contribution in [2.24, 2.45) is 11.8 Å². The molecule has 15 heavy (non-hydrogen) atoms. The van der Waals surface area contributed by atoms with Gasteiger partial charge < -0.3 is 0 Å². The fraction of sp³-hybridized carbons (Fsp3) is 0.733. The van der Waals surface area contributed by atoms with Gasteiger partial charge in [-0.25, -0.2) is 0 Å². The fourth-order valence-corrected chi connectivity index (χ4v) is 2.66. The Morgan fingerprint density at radius 1 is 1.00 bits per heavy atom. The van der Waals surface area contributed by atoms with Gasteiger partial charge in [-0.1, -0.05) is 37.3 Å². The molecule has 2 rings (SSSR count). The molecule has 0 heteroatoms. The summed E-state index contributed by atoms with van der Waals surface area (Å²) in [6, 6.07) is 0. The third-order valence-electron chi connectivity index (χ3n) is 3.66. The molecule has 0 unspecified atom stereocenters. The van der Waals surface area contributed by atoms with Gasteiger partial charge in [-0.05, 0) is 38.0 Å². The highest BCUT2D eigenvalue weighted by Crippen LogP contribution is 2.25. The first-order valence-electron chi connectivity index (χ1n) is 6.60. The highest BCUT2D eigenvalue weighted by molar-refractivity contribution is 5.13. The largest absolute Gasteiger partial charge is 0.102 e. The summed E-state index contributed by atoms with van der Waals surface area (Å²) in [5, 5.41) is 0. The first-order chi connectivity index (χ1) is 7.45. The van der Waals surface area contributed by atoms with Gasteiger partial charge >= 0.3 is 0 Å². The summed E-state index contributed by atoms with van der Waals surface area (Å²) in [6.45, 7) is 0. The molecule has 2 aliphatic carbocycles. The molecule has 0 aromatic carbocycles. The van der Waals surface area contributed by atoms with Gasteiger partial charge in [0.1, 0.15) is 0 Å². The summed E-state index contributed by atoms with van der Waals surface area (Å²) in [5.41, 5.74) is 0. The lowest BCUT2D eigenvalue weighted by Crippen LogP contribution is -2.05. The molecule has 1 saturated carbocycles. The zero-order valence-electron chi connectivity index (χ0n) is 9.67. The fourth-order valence-electron chi connectivity index (χ4n) is 2.66. The first kappa shape index (κ1) is 10.8. The van der Waals surface area contributed by atoms with Crippen LogP contribution in [0.2, 0.25) is 0 Å². The molecular weight excluding hydrogens is 180 g/mol. The molecule has 0 nitrogen and oxygen atoms in total. The predicted molar refractivity (Wildman–Crippen MR) is 65.4 cm³/mol. The number of hydrogen-bond acceptors (Lipinski definition) is 0. The van der Waals surface area contributed by atoms with Crippen molar-refractivity contribution in [2.45, 2.75) is 57.8 Å². The van der Waals surface area contributed by atoms with E-state index in [0.717, 1.165) is 12.3 Å². The van der Waals surface area contributed by atoms with E-state index in [1.54, 1.807) is 0 Å². The van der Waals surface area contributed by atoms with Crippen molar-refractivity contribution < 1.29 is 0 Å². The molecule has 1 fully saturated rings. The van der Waals surface area contributed by atoms with Crippen LogP contribution in [0.5, 0.6) is 0 Å². The Labute approximate surface area is 94.1 Å². The van der Waals surface area contributed by atoms with Gasteiger partial charge in [0.15, 0.2) is 0 Å². The van der Waals surface area contributed by atoms with E-state index in [9.17, 15) is 0 Å². The van der Waals surface area contributed by atoms with E-state index in [1.165, 1.54) is 51.4 Å². The SMILES string of the molecule is C(#C[C@H]1C=CCCC1)CC1CCCCC1. The van der Waals surface area contributed by atoms with Gasteiger partial charge in [0.2, 0.25) is 0 Å². The van der Waals surface area contributed by atoms with Crippen LogP contribution in [0, 0.1) is 23.7 Å². The molecule has 1 atom stereocenters. The van der Waals surface area contributed by atoms with Gasteiger partial charge in [-0.3, -0.25) is 0 Å². The molecule has 0 saturated heterocycles. The van der Waals surface area contributed by atoms with Crippen LogP contribution in [0.25, 0.3) is 0 Å². The summed E-state index contributed by atoms with van der Waals surface area (Å²) < 4.78 is 0. The van der Waals surface area contributed by atoms with E-state index in [0.29, 0.717) is 5.92 Å². The van der Waals surface area contributed by atoms with E-state index in [1.807, 2.05) is 0 Å². The van der Waals surface area contributed by atoms with Crippen LogP contribution in [-0.2, 0) is 0 Å². The second kappa shape index (κ2) is 6.01. The summed E-state index contributed by atoms with van der Waals surface area (Å²) in [4.78, 5) is 0. The normalized spacial score (nSPS) is 27.1. The Hall–Kier alpha value is -0.700. The summed E-state index contributed by atoms with van der Waals surface area (Å²) >= 11 is 0. The minimum Gasteiger partial charge on any atom is -0.102 e. The van der Waals surface area contributed by atoms with Crippen LogP contribution in [0.15, 0.2) is 12.2 Å². The van der Waals surface area contributed by atoms with Crippen LogP contribution in [0.3, 0.4) is 0 Å². The predicted octanol–water partition coefficient (Wildman–Crippen LogP) is 4.32. The highest BCUT2D eigenvalue weighted by Gasteiger charge is 2.11. The minimum absolute atomic E-state index is 0.572. The van der Waals surface area contributed by atoms with Crippen LogP contribution >= 0.6 is 0 Å². The Balaban J connectivity index is 1.73. The molecule has 0 aliphatic heterocycles. The monoisotopic (exact) mass is 202 g/mol. The molecule has 0 aromatic heterocycles. The maximum absolute atomic E-state index is 3.43. The van der Waals surface area contributed by atoms with E-state index in [2.05, 4.69) is 24.0 Å². The average Bonchev–Trinajstić information content (AvgIpc) is 2.32. The molecule has 0 amide bonds. The third kappa shape index (κ3) is 3.74. The van der Waals surface area contributed by atoms with Gasteiger partial charge in [-0.2, -0.15) is 0 Å². The van der Waals surface area contributed by atoms with Gasteiger partial charge in [0, 0.05) is 12.3 Å². The molecular formula is C15H22. The lowest BCUT2D eigenvalue weighted by Gasteiger charge is -2.18. The van der Waals surface area contributed by atoms with Gasteiger partial charge in [0.05, 0.1) is 0 Å². The summed E-state index contributed by atoms with van der Waals surface area (Å²) in [7, 11) is 0. The molecule has 0 aromatic rings. The lowest BCUT2D eigenvalue weighted by atomic mass is 9.87. The number of allylic oxidation sites excluding steroid dienone is 2. The van der Waals surface area contributed by atoms with E-state index in [4.69, 9.17) is 0 Å². The van der Waals surface area contributed by atoms with E-state index < -0.39 is 0 Å². The average molecular weight is 202 g/mol. The van der Waals surface area contributed by atoms with Crippen LogP contribution in [0.4, 0.5) is 0 Å². The summed E-state index contributed by atoms with van der Waals surface area (Å²) in [5.74, 6) is 8.34. The molecule has 0 N–H and O–H groups in total. The van der Waals surface area contributed by atoms with Crippen molar-refractivity contribution >= 4 is 0 Å². The number of rotatable bonds is 1. The van der Waals surface area contributed by atoms with Crippen molar-refractivity contribution in [3.8, 4) is 11.8 Å². The van der Waals surface area contributed by atoms with Crippen molar-refractivity contribution in [3.05, 3.63) is 12.2 Å². The van der Waals surface area contributed by atoms with E-state index >= 15 is 0 Å². The second-order valence-electron chi connectivity index (χ2n) is 4.99. The molecule has 82 valence electrons. The highest BCUT2D eigenvalue weighted by atomic mass is 14.2. The van der Waals surface area contributed by atoms with Crippen molar-refractivity contribution in [2.75, 3.05) is 0 Å². The Bertz CT molecular complexity index is 257.